The van der Waals surface area contributed by atoms with E-state index in [1.807, 2.05) is 19.0 Å². The topological polar surface area (TPSA) is 72.9 Å². The number of urea groups is 1. The fraction of sp³-hybridized carbons (Fsp3) is 0.467. The molecule has 0 saturated heterocycles. The van der Waals surface area contributed by atoms with E-state index in [4.69, 9.17) is 5.11 Å². The third kappa shape index (κ3) is 5.83. The SMILES string of the molecule is CN(C)CCN(C)C(=O)NCCc1ccccc1C(=O)O. The maximum absolute atomic E-state index is 11.8. The molecule has 1 aromatic rings. The maximum atomic E-state index is 11.8. The number of nitrogens with one attached hydrogen (secondary N) is 1. The molecule has 0 spiro atoms. The first-order chi connectivity index (χ1) is 9.91. The number of hydrogen-bond donors (Lipinski definition) is 2. The average Bonchev–Trinajstić information content (AvgIpc) is 2.44. The lowest BCUT2D eigenvalue weighted by Crippen LogP contribution is -2.41. The number of nitrogens with zero attached hydrogens (tertiary/aromatic N) is 2. The van der Waals surface area contributed by atoms with Crippen LogP contribution in [0.1, 0.15) is 15.9 Å². The Balaban J connectivity index is 2.43. The molecule has 1 rings (SSSR count). The van der Waals surface area contributed by atoms with E-state index in [2.05, 4.69) is 5.32 Å². The minimum Gasteiger partial charge on any atom is -0.478 e. The summed E-state index contributed by atoms with van der Waals surface area (Å²) in [6.07, 6.45) is 0.496. The van der Waals surface area contributed by atoms with Gasteiger partial charge in [-0.15, -0.1) is 0 Å². The van der Waals surface area contributed by atoms with Crippen LogP contribution in [0.15, 0.2) is 24.3 Å². The van der Waals surface area contributed by atoms with Crippen LogP contribution in [0.25, 0.3) is 0 Å². The summed E-state index contributed by atoms with van der Waals surface area (Å²) in [4.78, 5) is 26.5. The van der Waals surface area contributed by atoms with Gasteiger partial charge in [-0.2, -0.15) is 0 Å². The van der Waals surface area contributed by atoms with E-state index in [0.717, 1.165) is 12.1 Å². The van der Waals surface area contributed by atoms with Crippen LogP contribution in [0.2, 0.25) is 0 Å². The quantitative estimate of drug-likeness (QED) is 0.790. The van der Waals surface area contributed by atoms with Gasteiger partial charge in [0.2, 0.25) is 0 Å². The smallest absolute Gasteiger partial charge is 0.335 e. The molecule has 0 radical (unpaired) electrons. The van der Waals surface area contributed by atoms with E-state index in [1.165, 1.54) is 0 Å². The Morgan fingerprint density at radius 2 is 1.81 bits per heavy atom. The first-order valence-corrected chi connectivity index (χ1v) is 6.86. The van der Waals surface area contributed by atoms with Crippen molar-refractivity contribution >= 4 is 12.0 Å². The van der Waals surface area contributed by atoms with Crippen LogP contribution in [-0.2, 0) is 6.42 Å². The lowest BCUT2D eigenvalue weighted by molar-refractivity contribution is 0.0695. The monoisotopic (exact) mass is 293 g/mol. The zero-order valence-electron chi connectivity index (χ0n) is 12.8. The van der Waals surface area contributed by atoms with Crippen LogP contribution in [0.3, 0.4) is 0 Å². The molecule has 0 aliphatic rings. The summed E-state index contributed by atoms with van der Waals surface area (Å²) in [6.45, 7) is 1.85. The number of carbonyl (C=O) groups is 2. The van der Waals surface area contributed by atoms with Crippen LogP contribution in [0, 0.1) is 0 Å². The van der Waals surface area contributed by atoms with Crippen molar-refractivity contribution in [3.05, 3.63) is 35.4 Å². The van der Waals surface area contributed by atoms with Crippen molar-refractivity contribution in [3.63, 3.8) is 0 Å². The molecule has 2 N–H and O–H groups in total. The number of aromatic carboxylic acids is 1. The summed E-state index contributed by atoms with van der Waals surface area (Å²) in [5.41, 5.74) is 1.01. The molecule has 0 aromatic heterocycles. The Morgan fingerprint density at radius 1 is 1.14 bits per heavy atom. The molecule has 1 aromatic carbocycles. The minimum atomic E-state index is -0.944. The van der Waals surface area contributed by atoms with Crippen LogP contribution < -0.4 is 5.32 Å². The molecule has 6 heteroatoms. The van der Waals surface area contributed by atoms with Gasteiger partial charge in [0.1, 0.15) is 0 Å². The van der Waals surface area contributed by atoms with Gasteiger partial charge in [0.15, 0.2) is 0 Å². The van der Waals surface area contributed by atoms with Gasteiger partial charge in [-0.3, -0.25) is 0 Å². The second kappa shape index (κ2) is 8.26. The molecule has 0 unspecified atom stereocenters. The molecule has 0 heterocycles. The van der Waals surface area contributed by atoms with Crippen molar-refractivity contribution < 1.29 is 14.7 Å². The Morgan fingerprint density at radius 3 is 2.43 bits per heavy atom. The highest BCUT2D eigenvalue weighted by Crippen LogP contribution is 2.09. The second-order valence-corrected chi connectivity index (χ2v) is 5.17. The second-order valence-electron chi connectivity index (χ2n) is 5.17. The van der Waals surface area contributed by atoms with E-state index in [1.54, 1.807) is 36.2 Å². The van der Waals surface area contributed by atoms with Crippen molar-refractivity contribution in [2.45, 2.75) is 6.42 Å². The number of carboxylic acids is 1. The van der Waals surface area contributed by atoms with Gasteiger partial charge in [-0.25, -0.2) is 9.59 Å². The van der Waals surface area contributed by atoms with Crippen LogP contribution in [0.5, 0.6) is 0 Å². The van der Waals surface area contributed by atoms with Gasteiger partial charge in [0, 0.05) is 26.7 Å². The average molecular weight is 293 g/mol. The van der Waals surface area contributed by atoms with Gasteiger partial charge in [0.05, 0.1) is 5.56 Å². The number of amides is 2. The molecule has 21 heavy (non-hydrogen) atoms. The predicted molar refractivity (Wildman–Crippen MR) is 81.7 cm³/mol. The molecule has 0 aliphatic heterocycles. The zero-order chi connectivity index (χ0) is 15.8. The van der Waals surface area contributed by atoms with E-state index in [0.29, 0.717) is 19.5 Å². The highest BCUT2D eigenvalue weighted by atomic mass is 16.4. The maximum Gasteiger partial charge on any atom is 0.335 e. The lowest BCUT2D eigenvalue weighted by atomic mass is 10.0. The normalized spacial score (nSPS) is 10.5. The van der Waals surface area contributed by atoms with Crippen LogP contribution in [-0.4, -0.2) is 67.7 Å². The van der Waals surface area contributed by atoms with Crippen molar-refractivity contribution in [1.29, 1.82) is 0 Å². The summed E-state index contributed by atoms with van der Waals surface area (Å²) < 4.78 is 0. The molecule has 0 fully saturated rings. The van der Waals surface area contributed by atoms with Gasteiger partial charge >= 0.3 is 12.0 Å². The van der Waals surface area contributed by atoms with Crippen molar-refractivity contribution in [3.8, 4) is 0 Å². The molecule has 2 amide bonds. The highest BCUT2D eigenvalue weighted by molar-refractivity contribution is 5.89. The zero-order valence-corrected chi connectivity index (χ0v) is 12.8. The molecular formula is C15H23N3O3. The fourth-order valence-corrected chi connectivity index (χ4v) is 1.84. The minimum absolute atomic E-state index is 0.148. The molecule has 116 valence electrons. The van der Waals surface area contributed by atoms with Crippen molar-refractivity contribution in [2.24, 2.45) is 0 Å². The summed E-state index contributed by atoms with van der Waals surface area (Å²) in [6, 6.07) is 6.69. The summed E-state index contributed by atoms with van der Waals surface area (Å²) in [5, 5.41) is 11.9. The summed E-state index contributed by atoms with van der Waals surface area (Å²) in [5.74, 6) is -0.944. The summed E-state index contributed by atoms with van der Waals surface area (Å²) >= 11 is 0. The summed E-state index contributed by atoms with van der Waals surface area (Å²) in [7, 11) is 5.65. The molecule has 0 saturated carbocycles. The van der Waals surface area contributed by atoms with Gasteiger partial charge in [-0.1, -0.05) is 18.2 Å². The van der Waals surface area contributed by atoms with E-state index in [-0.39, 0.29) is 11.6 Å². The Kier molecular flexibility index (Phi) is 6.68. The Hall–Kier alpha value is -2.08. The number of likely N-dealkylation sites (N-methyl/N-ethyl adjacent to an activating group) is 2. The van der Waals surface area contributed by atoms with E-state index < -0.39 is 5.97 Å². The molecule has 0 atom stereocenters. The molecule has 0 bridgehead atoms. The number of benzene rings is 1. The van der Waals surface area contributed by atoms with Crippen LogP contribution in [0.4, 0.5) is 4.79 Å². The van der Waals surface area contributed by atoms with Crippen LogP contribution >= 0.6 is 0 Å². The standard InChI is InChI=1S/C15H23N3O3/c1-17(2)10-11-18(3)15(21)16-9-8-12-6-4-5-7-13(12)14(19)20/h4-7H,8-11H2,1-3H3,(H,16,21)(H,19,20). The first kappa shape index (κ1) is 17.0. The number of hydrogen-bond acceptors (Lipinski definition) is 3. The molecule has 0 aliphatic carbocycles. The van der Waals surface area contributed by atoms with E-state index in [9.17, 15) is 9.59 Å². The largest absolute Gasteiger partial charge is 0.478 e. The lowest BCUT2D eigenvalue weighted by Gasteiger charge is -2.20. The van der Waals surface area contributed by atoms with E-state index >= 15 is 0 Å². The molecular weight excluding hydrogens is 270 g/mol. The van der Waals surface area contributed by atoms with Crippen molar-refractivity contribution in [2.75, 3.05) is 40.8 Å². The third-order valence-corrected chi connectivity index (χ3v) is 3.15. The number of carboxylic acid groups (broad SMARTS) is 1. The third-order valence-electron chi connectivity index (χ3n) is 3.15. The molecule has 6 nitrogen and oxygen atoms in total. The highest BCUT2D eigenvalue weighted by Gasteiger charge is 2.10. The predicted octanol–water partition coefficient (Wildman–Crippen LogP) is 1.13. The Bertz CT molecular complexity index is 489. The van der Waals surface area contributed by atoms with Gasteiger partial charge in [0.25, 0.3) is 0 Å². The van der Waals surface area contributed by atoms with Crippen molar-refractivity contribution in [1.82, 2.24) is 15.1 Å². The fourth-order valence-electron chi connectivity index (χ4n) is 1.84. The first-order valence-electron chi connectivity index (χ1n) is 6.86. The van der Waals surface area contributed by atoms with Gasteiger partial charge in [-0.05, 0) is 32.1 Å². The van der Waals surface area contributed by atoms with Gasteiger partial charge < -0.3 is 20.2 Å². The number of carbonyl (C=O) groups excluding carboxylic acids is 1. The number of rotatable bonds is 7. The Labute approximate surface area is 125 Å².